The number of benzene rings is 3. The number of piperidine rings is 1. The van der Waals surface area contributed by atoms with E-state index >= 15 is 0 Å². The smallest absolute Gasteiger partial charge is 0.410 e. The number of ether oxygens (including phenoxy) is 3. The van der Waals surface area contributed by atoms with E-state index in [9.17, 15) is 14.7 Å². The number of β-amino-alcohol motifs (C(OH)–C–C–N with tert-alkyl or cyclic N) is 1. The van der Waals surface area contributed by atoms with Crippen LogP contribution >= 0.6 is 0 Å². The highest BCUT2D eigenvalue weighted by Gasteiger charge is 2.33. The molecule has 0 spiro atoms. The Morgan fingerprint density at radius 2 is 1.55 bits per heavy atom. The van der Waals surface area contributed by atoms with Gasteiger partial charge in [0, 0.05) is 25.6 Å². The molecule has 2 aromatic heterocycles. The lowest BCUT2D eigenvalue weighted by Crippen LogP contribution is -2.47. The summed E-state index contributed by atoms with van der Waals surface area (Å²) in [6.45, 7) is 6.69. The minimum Gasteiger partial charge on any atom is -0.473 e. The van der Waals surface area contributed by atoms with Crippen LogP contribution in [0.3, 0.4) is 0 Å². The number of imidazole rings is 1. The first-order chi connectivity index (χ1) is 22.6. The SMILES string of the molecule is Cn1c(=O)n(-c2ccc(OCc3ccccc3)nc2OCc2ccccc2)c2ccc(C3CCN(C(=O)OC(C)(C)C)CC3O)cc21. The van der Waals surface area contributed by atoms with Gasteiger partial charge in [-0.25, -0.2) is 9.59 Å². The number of aromatic nitrogens is 3. The fourth-order valence-electron chi connectivity index (χ4n) is 5.86. The van der Waals surface area contributed by atoms with Gasteiger partial charge in [-0.2, -0.15) is 4.98 Å². The van der Waals surface area contributed by atoms with Crippen LogP contribution in [-0.4, -0.2) is 55.0 Å². The van der Waals surface area contributed by atoms with Crippen molar-refractivity contribution in [1.29, 1.82) is 0 Å². The summed E-state index contributed by atoms with van der Waals surface area (Å²) in [5.74, 6) is 0.440. The summed E-state index contributed by atoms with van der Waals surface area (Å²) in [4.78, 5) is 32.6. The maximum Gasteiger partial charge on any atom is 0.410 e. The number of aliphatic hydroxyl groups is 1. The Bertz CT molecular complexity index is 1910. The van der Waals surface area contributed by atoms with E-state index in [0.29, 0.717) is 42.2 Å². The molecule has 3 heterocycles. The number of aryl methyl sites for hydroxylation is 1. The van der Waals surface area contributed by atoms with Gasteiger partial charge in [0.1, 0.15) is 24.5 Å². The van der Waals surface area contributed by atoms with Crippen molar-refractivity contribution in [3.05, 3.63) is 118 Å². The van der Waals surface area contributed by atoms with Crippen molar-refractivity contribution in [3.8, 4) is 17.4 Å². The molecule has 1 N–H and O–H groups in total. The Balaban J connectivity index is 1.30. The number of likely N-dealkylation sites (tertiary alicyclic amines) is 1. The molecule has 0 radical (unpaired) electrons. The largest absolute Gasteiger partial charge is 0.473 e. The zero-order valence-electron chi connectivity index (χ0n) is 27.1. The van der Waals surface area contributed by atoms with Crippen molar-refractivity contribution in [1.82, 2.24) is 19.0 Å². The number of hydrogen-bond acceptors (Lipinski definition) is 7. The highest BCUT2D eigenvalue weighted by Crippen LogP contribution is 2.33. The lowest BCUT2D eigenvalue weighted by Gasteiger charge is -2.37. The van der Waals surface area contributed by atoms with Gasteiger partial charge in [0.25, 0.3) is 0 Å². The first kappa shape index (κ1) is 31.9. The van der Waals surface area contributed by atoms with Gasteiger partial charge in [0.05, 0.1) is 23.7 Å². The monoisotopic (exact) mass is 636 g/mol. The van der Waals surface area contributed by atoms with Gasteiger partial charge >= 0.3 is 11.8 Å². The number of pyridine rings is 1. The summed E-state index contributed by atoms with van der Waals surface area (Å²) in [7, 11) is 1.72. The Hall–Kier alpha value is -5.09. The molecule has 0 saturated carbocycles. The first-order valence-corrected chi connectivity index (χ1v) is 15.8. The van der Waals surface area contributed by atoms with Gasteiger partial charge in [-0.3, -0.25) is 9.13 Å². The third kappa shape index (κ3) is 7.18. The molecule has 3 aromatic carbocycles. The number of aliphatic hydroxyl groups excluding tert-OH is 1. The Labute approximate surface area is 273 Å². The predicted molar refractivity (Wildman–Crippen MR) is 179 cm³/mol. The van der Waals surface area contributed by atoms with E-state index in [1.54, 1.807) is 33.2 Å². The molecule has 2 atom stereocenters. The summed E-state index contributed by atoms with van der Waals surface area (Å²) in [5, 5.41) is 11.1. The predicted octanol–water partition coefficient (Wildman–Crippen LogP) is 5.97. The van der Waals surface area contributed by atoms with E-state index in [-0.39, 0.29) is 30.6 Å². The molecule has 0 bridgehead atoms. The molecule has 2 unspecified atom stereocenters. The van der Waals surface area contributed by atoms with Gasteiger partial charge in [-0.1, -0.05) is 66.7 Å². The van der Waals surface area contributed by atoms with Gasteiger partial charge < -0.3 is 24.2 Å². The first-order valence-electron chi connectivity index (χ1n) is 15.8. The van der Waals surface area contributed by atoms with Crippen LogP contribution in [0.25, 0.3) is 16.7 Å². The van der Waals surface area contributed by atoms with Gasteiger partial charge in [-0.05, 0) is 62.1 Å². The summed E-state index contributed by atoms with van der Waals surface area (Å²) in [6.07, 6.45) is -0.648. The molecule has 1 aliphatic rings. The molecular formula is C37H40N4O6. The fourth-order valence-corrected chi connectivity index (χ4v) is 5.86. The summed E-state index contributed by atoms with van der Waals surface area (Å²) >= 11 is 0. The molecule has 10 nitrogen and oxygen atoms in total. The topological polar surface area (TPSA) is 108 Å². The van der Waals surface area contributed by atoms with E-state index in [1.807, 2.05) is 99.6 Å². The van der Waals surface area contributed by atoms with Crippen LogP contribution in [0.4, 0.5) is 4.79 Å². The maximum atomic E-state index is 13.8. The molecule has 10 heteroatoms. The molecule has 47 heavy (non-hydrogen) atoms. The van der Waals surface area contributed by atoms with Crippen molar-refractivity contribution >= 4 is 17.1 Å². The molecule has 244 valence electrons. The van der Waals surface area contributed by atoms with E-state index < -0.39 is 17.8 Å². The molecule has 6 rings (SSSR count). The number of fused-ring (bicyclic) bond motifs is 1. The zero-order valence-corrected chi connectivity index (χ0v) is 27.1. The number of rotatable bonds is 8. The number of hydrogen-bond donors (Lipinski definition) is 1. The van der Waals surface area contributed by atoms with Crippen LogP contribution in [0.15, 0.2) is 95.8 Å². The average Bonchev–Trinajstić information content (AvgIpc) is 3.31. The molecule has 1 fully saturated rings. The molecule has 1 amide bonds. The Morgan fingerprint density at radius 3 is 2.19 bits per heavy atom. The highest BCUT2D eigenvalue weighted by atomic mass is 16.6. The molecule has 1 aliphatic heterocycles. The summed E-state index contributed by atoms with van der Waals surface area (Å²) in [6, 6.07) is 28.9. The third-order valence-electron chi connectivity index (χ3n) is 8.25. The lowest BCUT2D eigenvalue weighted by atomic mass is 9.87. The van der Waals surface area contributed by atoms with Crippen LogP contribution in [0, 0.1) is 0 Å². The van der Waals surface area contributed by atoms with Gasteiger partial charge in [0.2, 0.25) is 11.8 Å². The van der Waals surface area contributed by atoms with E-state index in [0.717, 1.165) is 16.7 Å². The van der Waals surface area contributed by atoms with Crippen molar-refractivity contribution in [2.24, 2.45) is 7.05 Å². The standard InChI is InChI=1S/C37H40N4O6/c1-37(2,3)47-36(44)40-20-19-28(32(42)22-40)27-15-16-29-31(21-27)39(4)35(43)41(29)30-17-18-33(45-23-25-11-7-5-8-12-25)38-34(30)46-24-26-13-9-6-10-14-26/h5-18,21,28,32,42H,19-20,22-24H2,1-4H3. The Morgan fingerprint density at radius 1 is 0.894 bits per heavy atom. The summed E-state index contributed by atoms with van der Waals surface area (Å²) < 4.78 is 20.9. The zero-order chi connectivity index (χ0) is 33.1. The normalized spacial score (nSPS) is 16.7. The van der Waals surface area contributed by atoms with Crippen molar-refractivity contribution in [3.63, 3.8) is 0 Å². The van der Waals surface area contributed by atoms with Crippen LogP contribution < -0.4 is 15.2 Å². The summed E-state index contributed by atoms with van der Waals surface area (Å²) in [5.41, 5.74) is 3.85. The lowest BCUT2D eigenvalue weighted by molar-refractivity contribution is -0.00151. The number of carbonyl (C=O) groups is 1. The van der Waals surface area contributed by atoms with Crippen LogP contribution in [0.5, 0.6) is 11.8 Å². The van der Waals surface area contributed by atoms with E-state index in [2.05, 4.69) is 0 Å². The number of amides is 1. The molecule has 0 aliphatic carbocycles. The van der Waals surface area contributed by atoms with Gasteiger partial charge in [-0.15, -0.1) is 0 Å². The van der Waals surface area contributed by atoms with Crippen molar-refractivity contribution in [2.45, 2.75) is 58.0 Å². The second kappa shape index (κ2) is 13.3. The molecule has 5 aromatic rings. The van der Waals surface area contributed by atoms with Crippen molar-refractivity contribution < 1.29 is 24.1 Å². The second-order valence-electron chi connectivity index (χ2n) is 12.8. The van der Waals surface area contributed by atoms with Gasteiger partial charge in [0.15, 0.2) is 0 Å². The Kier molecular flexibility index (Phi) is 9.04. The minimum absolute atomic E-state index is 0.171. The van der Waals surface area contributed by atoms with Crippen LogP contribution in [0.2, 0.25) is 0 Å². The van der Waals surface area contributed by atoms with Crippen LogP contribution in [0.1, 0.15) is 49.8 Å². The second-order valence-corrected chi connectivity index (χ2v) is 12.8. The van der Waals surface area contributed by atoms with Crippen molar-refractivity contribution in [2.75, 3.05) is 13.1 Å². The average molecular weight is 637 g/mol. The van der Waals surface area contributed by atoms with E-state index in [4.69, 9.17) is 19.2 Å². The minimum atomic E-state index is -0.779. The number of nitrogens with zero attached hydrogens (tertiary/aromatic N) is 4. The third-order valence-corrected chi connectivity index (χ3v) is 8.25. The number of carbonyl (C=O) groups excluding carboxylic acids is 1. The molecule has 1 saturated heterocycles. The molecular weight excluding hydrogens is 596 g/mol. The maximum absolute atomic E-state index is 13.8. The quantitative estimate of drug-likeness (QED) is 0.224. The van der Waals surface area contributed by atoms with E-state index in [1.165, 1.54) is 0 Å². The van der Waals surface area contributed by atoms with Crippen LogP contribution in [-0.2, 0) is 25.0 Å². The highest BCUT2D eigenvalue weighted by molar-refractivity contribution is 5.80. The fraction of sp³-hybridized carbons (Fsp3) is 0.324.